The molecule has 0 radical (unpaired) electrons. The molecule has 98 valence electrons. The first kappa shape index (κ1) is 13.9. The van der Waals surface area contributed by atoms with E-state index in [0.29, 0.717) is 10.0 Å². The van der Waals surface area contributed by atoms with Crippen molar-refractivity contribution in [2.75, 3.05) is 0 Å². The molecule has 0 atom stereocenters. The lowest BCUT2D eigenvalue weighted by Gasteiger charge is -2.04. The Balaban J connectivity index is 2.26. The number of Topliss-reactive ketones (excluding diaryl/α,β-unsaturated/α-hetero) is 1. The number of benzene rings is 1. The zero-order valence-electron chi connectivity index (χ0n) is 10.6. The van der Waals surface area contributed by atoms with Crippen molar-refractivity contribution in [1.29, 1.82) is 0 Å². The Bertz CT molecular complexity index is 613. The normalized spacial score (nSPS) is 10.5. The predicted molar refractivity (Wildman–Crippen MR) is 74.4 cm³/mol. The van der Waals surface area contributed by atoms with Gasteiger partial charge in [0.2, 0.25) is 12.3 Å². The molecule has 1 aromatic heterocycles. The van der Waals surface area contributed by atoms with Crippen molar-refractivity contribution >= 4 is 21.7 Å². The zero-order valence-corrected chi connectivity index (χ0v) is 12.2. The molecule has 2 nitrogen and oxygen atoms in total. The number of pyridine rings is 1. The first-order valence-electron chi connectivity index (χ1n) is 6.07. The van der Waals surface area contributed by atoms with Gasteiger partial charge < -0.3 is 0 Å². The van der Waals surface area contributed by atoms with Gasteiger partial charge in [-0.05, 0) is 34.1 Å². The molecule has 0 aliphatic heterocycles. The number of ketones is 1. The van der Waals surface area contributed by atoms with Crippen LogP contribution in [-0.2, 0) is 13.0 Å². The van der Waals surface area contributed by atoms with Crippen molar-refractivity contribution < 1.29 is 13.8 Å². The van der Waals surface area contributed by atoms with Crippen molar-refractivity contribution in [3.63, 3.8) is 0 Å². The van der Waals surface area contributed by atoms with Crippen LogP contribution in [0.4, 0.5) is 4.39 Å². The second-order valence-electron chi connectivity index (χ2n) is 4.22. The summed E-state index contributed by atoms with van der Waals surface area (Å²) in [6, 6.07) is 9.96. The van der Waals surface area contributed by atoms with Crippen molar-refractivity contribution in [3.8, 4) is 0 Å². The van der Waals surface area contributed by atoms with Gasteiger partial charge in [-0.15, -0.1) is 0 Å². The maximum atomic E-state index is 13.0. The average Bonchev–Trinajstić information content (AvgIpc) is 2.39. The molecule has 19 heavy (non-hydrogen) atoms. The van der Waals surface area contributed by atoms with E-state index in [1.54, 1.807) is 0 Å². The number of carbonyl (C=O) groups is 1. The van der Waals surface area contributed by atoms with Crippen LogP contribution in [0.1, 0.15) is 23.0 Å². The summed E-state index contributed by atoms with van der Waals surface area (Å²) < 4.78 is 15.4. The van der Waals surface area contributed by atoms with Gasteiger partial charge in [0.15, 0.2) is 11.9 Å². The van der Waals surface area contributed by atoms with Crippen LogP contribution in [0.15, 0.2) is 47.1 Å². The van der Waals surface area contributed by atoms with E-state index in [0.717, 1.165) is 12.1 Å². The zero-order chi connectivity index (χ0) is 13.8. The van der Waals surface area contributed by atoms with Crippen LogP contribution in [0.5, 0.6) is 0 Å². The fourth-order valence-corrected chi connectivity index (χ4v) is 2.51. The molecule has 2 rings (SSSR count). The predicted octanol–water partition coefficient (Wildman–Crippen LogP) is 3.32. The number of halogens is 2. The molecule has 0 N–H and O–H groups in total. The minimum Gasteiger partial charge on any atom is -0.287 e. The van der Waals surface area contributed by atoms with Gasteiger partial charge in [0.25, 0.3) is 0 Å². The number of hydrogen-bond donors (Lipinski definition) is 0. The fraction of sp³-hybridized carbons (Fsp3) is 0.200. The highest BCUT2D eigenvalue weighted by Crippen LogP contribution is 2.18. The Morgan fingerprint density at radius 3 is 2.79 bits per heavy atom. The third-order valence-corrected chi connectivity index (χ3v) is 3.60. The van der Waals surface area contributed by atoms with Crippen molar-refractivity contribution in [3.05, 3.63) is 64.1 Å². The maximum absolute atomic E-state index is 13.0. The quantitative estimate of drug-likeness (QED) is 0.625. The molecule has 0 amide bonds. The van der Waals surface area contributed by atoms with Crippen LogP contribution >= 0.6 is 15.9 Å². The maximum Gasteiger partial charge on any atom is 0.228 e. The van der Waals surface area contributed by atoms with Crippen LogP contribution in [0.25, 0.3) is 0 Å². The first-order chi connectivity index (χ1) is 9.11. The number of carbonyl (C=O) groups excluding carboxylic acids is 1. The van der Waals surface area contributed by atoms with E-state index in [4.69, 9.17) is 0 Å². The molecular weight excluding hydrogens is 309 g/mol. The number of aryl methyl sites for hydroxylation is 1. The van der Waals surface area contributed by atoms with Crippen LogP contribution in [-0.4, -0.2) is 5.78 Å². The summed E-state index contributed by atoms with van der Waals surface area (Å²) in [4.78, 5) is 12.2. The monoisotopic (exact) mass is 322 g/mol. The molecule has 2 aromatic rings. The van der Waals surface area contributed by atoms with E-state index >= 15 is 0 Å². The molecule has 1 aromatic carbocycles. The summed E-state index contributed by atoms with van der Waals surface area (Å²) >= 11 is 3.23. The number of nitrogens with zero attached hydrogens (tertiary/aromatic N) is 1. The molecular formula is C15H14BrFNO+. The van der Waals surface area contributed by atoms with Gasteiger partial charge in [-0.2, -0.15) is 4.57 Å². The van der Waals surface area contributed by atoms with E-state index < -0.39 is 0 Å². The van der Waals surface area contributed by atoms with E-state index in [-0.39, 0.29) is 18.1 Å². The second-order valence-corrected chi connectivity index (χ2v) is 5.08. The van der Waals surface area contributed by atoms with Gasteiger partial charge in [0.1, 0.15) is 5.82 Å². The average molecular weight is 323 g/mol. The van der Waals surface area contributed by atoms with Gasteiger partial charge in [0.05, 0.1) is 0 Å². The number of hydrogen-bond acceptors (Lipinski definition) is 1. The van der Waals surface area contributed by atoms with E-state index in [9.17, 15) is 9.18 Å². The number of rotatable bonds is 4. The smallest absolute Gasteiger partial charge is 0.228 e. The summed E-state index contributed by atoms with van der Waals surface area (Å²) in [6.07, 6.45) is 2.74. The molecule has 0 spiro atoms. The molecule has 0 saturated carbocycles. The van der Waals surface area contributed by atoms with Crippen LogP contribution in [0, 0.1) is 5.82 Å². The molecule has 1 heterocycles. The Morgan fingerprint density at radius 1 is 1.32 bits per heavy atom. The largest absolute Gasteiger partial charge is 0.287 e. The van der Waals surface area contributed by atoms with E-state index in [2.05, 4.69) is 15.9 Å². The van der Waals surface area contributed by atoms with Crippen LogP contribution in [0.2, 0.25) is 0 Å². The topological polar surface area (TPSA) is 20.9 Å². The Labute approximate surface area is 120 Å². The third kappa shape index (κ3) is 3.26. The highest BCUT2D eigenvalue weighted by atomic mass is 79.9. The summed E-state index contributed by atoms with van der Waals surface area (Å²) in [5, 5.41) is 0. The second kappa shape index (κ2) is 6.06. The highest BCUT2D eigenvalue weighted by molar-refractivity contribution is 9.10. The minimum atomic E-state index is -0.356. The third-order valence-electron chi connectivity index (χ3n) is 2.94. The van der Waals surface area contributed by atoms with Crippen LogP contribution in [0.3, 0.4) is 0 Å². The summed E-state index contributed by atoms with van der Waals surface area (Å²) in [6.45, 7) is 2.30. The number of aromatic nitrogens is 1. The fourth-order valence-electron chi connectivity index (χ4n) is 1.94. The Kier molecular flexibility index (Phi) is 4.43. The molecule has 0 aliphatic carbocycles. The van der Waals surface area contributed by atoms with E-state index in [1.165, 1.54) is 18.2 Å². The molecule has 0 aliphatic rings. The molecule has 0 saturated heterocycles. The van der Waals surface area contributed by atoms with Crippen molar-refractivity contribution in [2.45, 2.75) is 19.9 Å². The van der Waals surface area contributed by atoms with Crippen LogP contribution < -0.4 is 4.57 Å². The van der Waals surface area contributed by atoms with Crippen molar-refractivity contribution in [1.82, 2.24) is 0 Å². The van der Waals surface area contributed by atoms with Gasteiger partial charge >= 0.3 is 0 Å². The summed E-state index contributed by atoms with van der Waals surface area (Å²) in [7, 11) is 0. The van der Waals surface area contributed by atoms with E-state index in [1.807, 2.05) is 35.9 Å². The van der Waals surface area contributed by atoms with Gasteiger partial charge in [-0.1, -0.05) is 13.0 Å². The lowest BCUT2D eigenvalue weighted by atomic mass is 10.1. The molecule has 0 unspecified atom stereocenters. The van der Waals surface area contributed by atoms with Gasteiger partial charge in [-0.25, -0.2) is 4.39 Å². The van der Waals surface area contributed by atoms with Gasteiger partial charge in [-0.3, -0.25) is 4.79 Å². The lowest BCUT2D eigenvalue weighted by molar-refractivity contribution is -0.690. The first-order valence-corrected chi connectivity index (χ1v) is 6.86. The molecule has 0 fully saturated rings. The summed E-state index contributed by atoms with van der Waals surface area (Å²) in [5.41, 5.74) is 1.59. The molecule has 4 heteroatoms. The lowest BCUT2D eigenvalue weighted by Crippen LogP contribution is -2.41. The molecule has 0 bridgehead atoms. The Hall–Kier alpha value is -1.55. The SMILES string of the molecule is CCc1cccc[n+]1CC(=O)c1ccc(F)cc1Br. The Morgan fingerprint density at radius 2 is 2.11 bits per heavy atom. The van der Waals surface area contributed by atoms with Crippen molar-refractivity contribution in [2.24, 2.45) is 0 Å². The highest BCUT2D eigenvalue weighted by Gasteiger charge is 2.17. The standard InChI is InChI=1S/C15H14BrFNO/c1-2-12-5-3-4-8-18(12)10-15(19)13-7-6-11(17)9-14(13)16/h3-9H,2,10H2,1H3/q+1. The van der Waals surface area contributed by atoms with Gasteiger partial charge in [0, 0.05) is 28.6 Å². The summed E-state index contributed by atoms with van der Waals surface area (Å²) in [5.74, 6) is -0.400. The minimum absolute atomic E-state index is 0.0437.